The standard InChI is InChI=1S/C20H18N6O3/c1-11-5-3-7-14(9-11)19-23-20-22-12(2)16(18(21)27)17(25(20)24-19)13-6-4-8-15(10-13)26(28)29/h3-10,17H,1-2H3,(H2,21,27)(H,22,23,24). The van der Waals surface area contributed by atoms with Gasteiger partial charge in [0.25, 0.3) is 5.69 Å². The monoisotopic (exact) mass is 390 g/mol. The number of benzene rings is 2. The number of carbonyl (C=O) groups is 1. The number of aromatic nitrogens is 3. The molecule has 29 heavy (non-hydrogen) atoms. The van der Waals surface area contributed by atoms with Crippen molar-refractivity contribution in [2.24, 2.45) is 5.73 Å². The average Bonchev–Trinajstić information content (AvgIpc) is 3.10. The summed E-state index contributed by atoms with van der Waals surface area (Å²) in [6.07, 6.45) is 0. The number of anilines is 1. The Labute approximate surface area is 166 Å². The molecule has 1 unspecified atom stereocenters. The Kier molecular flexibility index (Phi) is 4.34. The molecule has 0 fully saturated rings. The van der Waals surface area contributed by atoms with Crippen molar-refractivity contribution < 1.29 is 9.72 Å². The molecule has 9 nitrogen and oxygen atoms in total. The van der Waals surface area contributed by atoms with Gasteiger partial charge in [-0.1, -0.05) is 35.9 Å². The van der Waals surface area contributed by atoms with E-state index in [1.165, 1.54) is 12.1 Å². The molecule has 9 heteroatoms. The number of nitrogens with one attached hydrogen (secondary N) is 1. The normalized spacial score (nSPS) is 15.6. The number of fused-ring (bicyclic) bond motifs is 1. The van der Waals surface area contributed by atoms with Crippen LogP contribution in [0.15, 0.2) is 59.8 Å². The molecular weight excluding hydrogens is 372 g/mol. The Hall–Kier alpha value is -4.01. The molecule has 2 heterocycles. The molecular formula is C20H18N6O3. The van der Waals surface area contributed by atoms with E-state index < -0.39 is 16.9 Å². The second-order valence-electron chi connectivity index (χ2n) is 6.86. The molecule has 0 radical (unpaired) electrons. The first-order valence-corrected chi connectivity index (χ1v) is 8.90. The number of nitrogens with two attached hydrogens (primary N) is 1. The molecule has 0 bridgehead atoms. The Morgan fingerprint density at radius 3 is 2.66 bits per heavy atom. The van der Waals surface area contributed by atoms with Crippen molar-refractivity contribution in [2.75, 3.05) is 5.32 Å². The van der Waals surface area contributed by atoms with Crippen LogP contribution in [0, 0.1) is 17.0 Å². The number of carbonyl (C=O) groups excluding carboxylic acids is 1. The third kappa shape index (κ3) is 3.22. The maximum absolute atomic E-state index is 12.2. The van der Waals surface area contributed by atoms with E-state index in [0.717, 1.165) is 11.1 Å². The lowest BCUT2D eigenvalue weighted by Crippen LogP contribution is -2.31. The van der Waals surface area contributed by atoms with E-state index >= 15 is 0 Å². The second kappa shape index (κ2) is 6.86. The lowest BCUT2D eigenvalue weighted by atomic mass is 9.95. The van der Waals surface area contributed by atoms with Crippen LogP contribution in [-0.2, 0) is 4.79 Å². The minimum atomic E-state index is -0.727. The lowest BCUT2D eigenvalue weighted by molar-refractivity contribution is -0.384. The van der Waals surface area contributed by atoms with Crippen molar-refractivity contribution in [3.05, 3.63) is 81.0 Å². The van der Waals surface area contributed by atoms with E-state index in [2.05, 4.69) is 15.4 Å². The van der Waals surface area contributed by atoms with Gasteiger partial charge in [-0.05, 0) is 25.5 Å². The van der Waals surface area contributed by atoms with Crippen LogP contribution in [0.4, 0.5) is 11.6 Å². The molecule has 1 atom stereocenters. The predicted molar refractivity (Wildman–Crippen MR) is 107 cm³/mol. The maximum Gasteiger partial charge on any atom is 0.269 e. The number of primary amides is 1. The highest BCUT2D eigenvalue weighted by atomic mass is 16.6. The Morgan fingerprint density at radius 2 is 1.97 bits per heavy atom. The van der Waals surface area contributed by atoms with Crippen LogP contribution < -0.4 is 11.1 Å². The molecule has 1 aliphatic rings. The van der Waals surface area contributed by atoms with Gasteiger partial charge in [-0.25, -0.2) is 4.68 Å². The van der Waals surface area contributed by atoms with Gasteiger partial charge >= 0.3 is 0 Å². The highest BCUT2D eigenvalue weighted by molar-refractivity contribution is 5.95. The van der Waals surface area contributed by atoms with Gasteiger partial charge in [-0.15, -0.1) is 5.10 Å². The zero-order chi connectivity index (χ0) is 20.7. The average molecular weight is 390 g/mol. The number of nitrogens with zero attached hydrogens (tertiary/aromatic N) is 4. The number of nitro groups is 1. The van der Waals surface area contributed by atoms with Crippen molar-refractivity contribution in [3.63, 3.8) is 0 Å². The van der Waals surface area contributed by atoms with Crippen LogP contribution in [0.2, 0.25) is 0 Å². The molecule has 146 valence electrons. The van der Waals surface area contributed by atoms with Crippen LogP contribution in [0.1, 0.15) is 24.1 Å². The van der Waals surface area contributed by atoms with Gasteiger partial charge in [0.05, 0.1) is 10.5 Å². The fourth-order valence-corrected chi connectivity index (χ4v) is 3.49. The molecule has 0 spiro atoms. The summed E-state index contributed by atoms with van der Waals surface area (Å²) >= 11 is 0. The highest BCUT2D eigenvalue weighted by Crippen LogP contribution is 2.37. The highest BCUT2D eigenvalue weighted by Gasteiger charge is 2.34. The van der Waals surface area contributed by atoms with Gasteiger partial charge < -0.3 is 11.1 Å². The van der Waals surface area contributed by atoms with E-state index in [9.17, 15) is 14.9 Å². The van der Waals surface area contributed by atoms with E-state index in [1.807, 2.05) is 31.2 Å². The van der Waals surface area contributed by atoms with Gasteiger partial charge in [0, 0.05) is 23.4 Å². The van der Waals surface area contributed by atoms with Crippen molar-refractivity contribution >= 4 is 17.5 Å². The SMILES string of the molecule is CC1=C(C(N)=O)C(c2cccc([N+](=O)[O-])c2)n2nc(-c3cccc(C)c3)nc2N1. The summed E-state index contributed by atoms with van der Waals surface area (Å²) in [5.41, 5.74) is 8.78. The van der Waals surface area contributed by atoms with E-state index in [4.69, 9.17) is 5.73 Å². The molecule has 0 saturated heterocycles. The van der Waals surface area contributed by atoms with Gasteiger partial charge in [-0.2, -0.15) is 4.98 Å². The summed E-state index contributed by atoms with van der Waals surface area (Å²) < 4.78 is 1.55. The molecule has 0 aliphatic carbocycles. The van der Waals surface area contributed by atoms with Gasteiger partial charge in [-0.3, -0.25) is 14.9 Å². The number of non-ortho nitro benzene ring substituents is 1. The summed E-state index contributed by atoms with van der Waals surface area (Å²) in [5.74, 6) is 0.274. The first-order chi connectivity index (χ1) is 13.8. The van der Waals surface area contributed by atoms with Crippen LogP contribution in [0.25, 0.3) is 11.4 Å². The number of rotatable bonds is 4. The van der Waals surface area contributed by atoms with E-state index in [0.29, 0.717) is 23.0 Å². The van der Waals surface area contributed by atoms with Crippen molar-refractivity contribution in [1.29, 1.82) is 0 Å². The fraction of sp³-hybridized carbons (Fsp3) is 0.150. The third-order valence-corrected chi connectivity index (χ3v) is 4.79. The maximum atomic E-state index is 12.2. The van der Waals surface area contributed by atoms with Crippen molar-refractivity contribution in [3.8, 4) is 11.4 Å². The van der Waals surface area contributed by atoms with E-state index in [-0.39, 0.29) is 11.3 Å². The topological polar surface area (TPSA) is 129 Å². The first kappa shape index (κ1) is 18.4. The van der Waals surface area contributed by atoms with Crippen LogP contribution in [0.5, 0.6) is 0 Å². The van der Waals surface area contributed by atoms with Crippen molar-refractivity contribution in [2.45, 2.75) is 19.9 Å². The minimum absolute atomic E-state index is 0.0805. The fourth-order valence-electron chi connectivity index (χ4n) is 3.49. The Balaban J connectivity index is 1.90. The zero-order valence-electron chi connectivity index (χ0n) is 15.8. The van der Waals surface area contributed by atoms with Crippen LogP contribution >= 0.6 is 0 Å². The summed E-state index contributed by atoms with van der Waals surface area (Å²) in [5, 5.41) is 18.9. The Morgan fingerprint density at radius 1 is 1.21 bits per heavy atom. The van der Waals surface area contributed by atoms with Gasteiger partial charge in [0.2, 0.25) is 11.9 Å². The molecule has 1 aromatic heterocycles. The molecule has 3 N–H and O–H groups in total. The molecule has 4 rings (SSSR count). The van der Waals surface area contributed by atoms with Crippen LogP contribution in [0.3, 0.4) is 0 Å². The lowest BCUT2D eigenvalue weighted by Gasteiger charge is -2.27. The zero-order valence-corrected chi connectivity index (χ0v) is 15.8. The predicted octanol–water partition coefficient (Wildman–Crippen LogP) is 2.94. The molecule has 0 saturated carbocycles. The van der Waals surface area contributed by atoms with Gasteiger partial charge in [0.15, 0.2) is 5.82 Å². The smallest absolute Gasteiger partial charge is 0.269 e. The number of hydrogen-bond acceptors (Lipinski definition) is 6. The molecule has 2 aromatic carbocycles. The Bertz CT molecular complexity index is 1180. The van der Waals surface area contributed by atoms with E-state index in [1.54, 1.807) is 23.7 Å². The summed E-state index contributed by atoms with van der Waals surface area (Å²) in [4.78, 5) is 27.5. The molecule has 1 aliphatic heterocycles. The molecule has 1 amide bonds. The summed E-state index contributed by atoms with van der Waals surface area (Å²) in [6, 6.07) is 13.1. The number of amides is 1. The summed E-state index contributed by atoms with van der Waals surface area (Å²) in [7, 11) is 0. The number of nitro benzene ring substituents is 1. The van der Waals surface area contributed by atoms with Crippen LogP contribution in [-0.4, -0.2) is 25.6 Å². The van der Waals surface area contributed by atoms with Crippen molar-refractivity contribution in [1.82, 2.24) is 14.8 Å². The number of aryl methyl sites for hydroxylation is 1. The summed E-state index contributed by atoms with van der Waals surface area (Å²) in [6.45, 7) is 3.69. The first-order valence-electron chi connectivity index (χ1n) is 8.90. The minimum Gasteiger partial charge on any atom is -0.366 e. The largest absolute Gasteiger partial charge is 0.366 e. The number of allylic oxidation sites excluding steroid dienone is 1. The van der Waals surface area contributed by atoms with Gasteiger partial charge in [0.1, 0.15) is 6.04 Å². The number of hydrogen-bond donors (Lipinski definition) is 2. The quantitative estimate of drug-likeness (QED) is 0.520. The third-order valence-electron chi connectivity index (χ3n) is 4.79. The molecule has 3 aromatic rings. The second-order valence-corrected chi connectivity index (χ2v) is 6.86.